The summed E-state index contributed by atoms with van der Waals surface area (Å²) in [7, 11) is 0. The third-order valence-electron chi connectivity index (χ3n) is 17.5. The van der Waals surface area contributed by atoms with Crippen molar-refractivity contribution in [2.24, 2.45) is 0 Å². The quantitative estimate of drug-likeness (QED) is 0.126. The van der Waals surface area contributed by atoms with Crippen LogP contribution >= 0.6 is 0 Å². The van der Waals surface area contributed by atoms with Crippen molar-refractivity contribution in [2.75, 3.05) is 9.80 Å². The van der Waals surface area contributed by atoms with Crippen molar-refractivity contribution in [2.45, 2.75) is 6.92 Å². The van der Waals surface area contributed by atoms with Gasteiger partial charge in [0, 0.05) is 78.2 Å². The molecule has 5 heterocycles. The fourth-order valence-electron chi connectivity index (χ4n) is 13.5. The molecule has 0 saturated heterocycles. The van der Waals surface area contributed by atoms with E-state index in [-0.39, 0.29) is 6.71 Å². The van der Waals surface area contributed by atoms with Gasteiger partial charge in [0.05, 0.1) is 33.8 Å². The van der Waals surface area contributed by atoms with E-state index in [1.165, 1.54) is 33.0 Å². The Morgan fingerprint density at radius 2 is 0.764 bits per heavy atom. The Kier molecular flexibility index (Phi) is 12.4. The monoisotopic (exact) mass is 1140 g/mol. The first-order chi connectivity index (χ1) is 44.1. The first kappa shape index (κ1) is 51.6. The minimum atomic E-state index is -0.0206. The molecule has 8 nitrogen and oxygen atoms in total. The van der Waals surface area contributed by atoms with Gasteiger partial charge in [-0.3, -0.25) is 0 Å². The summed E-state index contributed by atoms with van der Waals surface area (Å²) in [6, 6.07) is 108. The van der Waals surface area contributed by atoms with Crippen LogP contribution in [-0.4, -0.2) is 36.2 Å². The number of aryl methyl sites for hydroxylation is 1. The molecular weight excluding hydrogens is 1080 g/mol. The van der Waals surface area contributed by atoms with Crippen LogP contribution in [0.5, 0.6) is 0 Å². The number of hydrogen-bond donors (Lipinski definition) is 0. The van der Waals surface area contributed by atoms with E-state index in [1.54, 1.807) is 0 Å². The molecule has 0 amide bonds. The molecule has 9 heteroatoms. The molecule has 12 aromatic carbocycles. The van der Waals surface area contributed by atoms with Gasteiger partial charge in [-0.05, 0) is 108 Å². The Balaban J connectivity index is 0.870. The summed E-state index contributed by atoms with van der Waals surface area (Å²) in [5.74, 6) is 2.28. The van der Waals surface area contributed by atoms with E-state index in [0.29, 0.717) is 23.3 Å². The summed E-state index contributed by atoms with van der Waals surface area (Å²) < 4.78 is 2.36. The minimum absolute atomic E-state index is 0.0206. The van der Waals surface area contributed by atoms with Crippen molar-refractivity contribution >= 4 is 79.0 Å². The molecule has 0 aliphatic carbocycles. The number of rotatable bonds is 10. The van der Waals surface area contributed by atoms with Crippen LogP contribution in [0.1, 0.15) is 5.56 Å². The SMILES string of the molecule is Cc1ccc2c(c1)c1ccccc1n2-c1ccc(-c2cc(-c3ccccc3)nc(-c3ccccc3)n2)cc1-c1nc(-c2ccccc2)nc(-c2ccc(-c3ccc4c5c3N(c3ccccc3)c3ccccc3B5c3ccccc3N4c3ccccc3)cc2)n1. The van der Waals surface area contributed by atoms with Crippen LogP contribution < -0.4 is 26.2 Å². The molecule has 2 aliphatic heterocycles. The lowest BCUT2D eigenvalue weighted by atomic mass is 9.33. The van der Waals surface area contributed by atoms with Crippen LogP contribution in [0.2, 0.25) is 0 Å². The molecule has 0 fully saturated rings. The van der Waals surface area contributed by atoms with Gasteiger partial charge in [-0.25, -0.2) is 24.9 Å². The average Bonchev–Trinajstić information content (AvgIpc) is 1.22. The highest BCUT2D eigenvalue weighted by Crippen LogP contribution is 2.48. The largest absolute Gasteiger partial charge is 0.311 e. The molecule has 0 atom stereocenters. The first-order valence-electron chi connectivity index (χ1n) is 30.2. The van der Waals surface area contributed by atoms with Crippen molar-refractivity contribution in [1.82, 2.24) is 29.5 Å². The van der Waals surface area contributed by atoms with Gasteiger partial charge in [-0.15, -0.1) is 0 Å². The number of aromatic nitrogens is 6. The molecule has 416 valence electrons. The number of nitrogens with zero attached hydrogens (tertiary/aromatic N) is 8. The molecule has 2 aliphatic rings. The first-order valence-corrected chi connectivity index (χ1v) is 30.2. The van der Waals surface area contributed by atoms with Crippen LogP contribution in [0.4, 0.5) is 34.1 Å². The standard InChI is InChI=1S/C80H53BN8/c1-52-39-46-70-63(49-52)62-33-17-20-36-69(62)89(70)71-47-44-58(68-51-67(54-23-7-2-8-24-54)82-77(83-68)55-25-9-3-10-26-55)50-64(71)80-85-78(56-27-11-4-12-28-56)84-79(86-80)57-42-40-53(41-43-57)61-45-48-74-75-76(61)88(60-31-15-6-16-32-60)73-38-22-19-35-66(73)81(75)65-34-18-21-37-72(65)87(74)59-29-13-5-14-30-59/h2-51H,1H3. The van der Waals surface area contributed by atoms with Crippen molar-refractivity contribution < 1.29 is 0 Å². The predicted octanol–water partition coefficient (Wildman–Crippen LogP) is 17.8. The van der Waals surface area contributed by atoms with Gasteiger partial charge in [-0.2, -0.15) is 0 Å². The third-order valence-corrected chi connectivity index (χ3v) is 17.5. The molecule has 0 bridgehead atoms. The molecule has 15 aromatic rings. The van der Waals surface area contributed by atoms with Gasteiger partial charge < -0.3 is 14.4 Å². The molecule has 17 rings (SSSR count). The van der Waals surface area contributed by atoms with Gasteiger partial charge in [-0.1, -0.05) is 230 Å². The highest BCUT2D eigenvalue weighted by molar-refractivity contribution is 7.00. The summed E-state index contributed by atoms with van der Waals surface area (Å²) in [5, 5.41) is 2.34. The van der Waals surface area contributed by atoms with Gasteiger partial charge >= 0.3 is 0 Å². The second kappa shape index (κ2) is 21.3. The van der Waals surface area contributed by atoms with E-state index in [1.807, 2.05) is 54.6 Å². The highest BCUT2D eigenvalue weighted by atomic mass is 15.2. The number of benzene rings is 12. The van der Waals surface area contributed by atoms with Crippen LogP contribution in [0.15, 0.2) is 303 Å². The van der Waals surface area contributed by atoms with Crippen molar-refractivity contribution in [1.29, 1.82) is 0 Å². The lowest BCUT2D eigenvalue weighted by molar-refractivity contribution is 1.06. The summed E-state index contributed by atoms with van der Waals surface area (Å²) in [4.78, 5) is 31.8. The van der Waals surface area contributed by atoms with Crippen LogP contribution in [0, 0.1) is 6.92 Å². The van der Waals surface area contributed by atoms with Crippen molar-refractivity contribution in [3.63, 3.8) is 0 Å². The fourth-order valence-corrected chi connectivity index (χ4v) is 13.5. The number of fused-ring (bicyclic) bond motifs is 7. The van der Waals surface area contributed by atoms with Gasteiger partial charge in [0.15, 0.2) is 23.3 Å². The summed E-state index contributed by atoms with van der Waals surface area (Å²) in [6.45, 7) is 2.13. The lowest BCUT2D eigenvalue weighted by Crippen LogP contribution is -2.61. The number of anilines is 6. The molecule has 0 radical (unpaired) electrons. The molecule has 89 heavy (non-hydrogen) atoms. The maximum Gasteiger partial charge on any atom is 0.252 e. The van der Waals surface area contributed by atoms with Gasteiger partial charge in [0.2, 0.25) is 0 Å². The maximum absolute atomic E-state index is 5.58. The second-order valence-corrected chi connectivity index (χ2v) is 22.8. The van der Waals surface area contributed by atoms with Crippen molar-refractivity contribution in [3.8, 4) is 84.9 Å². The summed E-state index contributed by atoms with van der Waals surface area (Å²) in [6.07, 6.45) is 0. The Labute approximate surface area is 516 Å². The highest BCUT2D eigenvalue weighted by Gasteiger charge is 2.44. The van der Waals surface area contributed by atoms with Crippen LogP contribution in [0.25, 0.3) is 107 Å². The Hall–Kier alpha value is -11.8. The summed E-state index contributed by atoms with van der Waals surface area (Å²) in [5.41, 5.74) is 24.1. The van der Waals surface area contributed by atoms with E-state index in [0.717, 1.165) is 106 Å². The normalized spacial score (nSPS) is 12.3. The Bertz CT molecular complexity index is 5140. The second-order valence-electron chi connectivity index (χ2n) is 22.8. The molecule has 3 aromatic heterocycles. The Morgan fingerprint density at radius 3 is 1.42 bits per heavy atom. The van der Waals surface area contributed by atoms with E-state index >= 15 is 0 Å². The Morgan fingerprint density at radius 1 is 0.292 bits per heavy atom. The number of para-hydroxylation sites is 5. The molecule has 0 spiro atoms. The van der Waals surface area contributed by atoms with E-state index in [9.17, 15) is 0 Å². The predicted molar refractivity (Wildman–Crippen MR) is 367 cm³/mol. The molecule has 0 N–H and O–H groups in total. The zero-order valence-electron chi connectivity index (χ0n) is 48.5. The van der Waals surface area contributed by atoms with Crippen LogP contribution in [-0.2, 0) is 0 Å². The lowest BCUT2D eigenvalue weighted by Gasteiger charge is -2.45. The molecular formula is C80H53BN8. The fraction of sp³-hybridized carbons (Fsp3) is 0.0125. The van der Waals surface area contributed by atoms with Gasteiger partial charge in [0.25, 0.3) is 6.71 Å². The zero-order chi connectivity index (χ0) is 58.9. The van der Waals surface area contributed by atoms with Gasteiger partial charge in [0.1, 0.15) is 0 Å². The smallest absolute Gasteiger partial charge is 0.252 e. The topological polar surface area (TPSA) is 75.9 Å². The molecule has 0 saturated carbocycles. The minimum Gasteiger partial charge on any atom is -0.311 e. The van der Waals surface area contributed by atoms with Crippen molar-refractivity contribution in [3.05, 3.63) is 309 Å². The summed E-state index contributed by atoms with van der Waals surface area (Å²) >= 11 is 0. The van der Waals surface area contributed by atoms with E-state index < -0.39 is 0 Å². The zero-order valence-corrected chi connectivity index (χ0v) is 48.5. The average molecular weight is 1140 g/mol. The third kappa shape index (κ3) is 8.81. The van der Waals surface area contributed by atoms with Crippen LogP contribution in [0.3, 0.4) is 0 Å². The maximum atomic E-state index is 5.58. The van der Waals surface area contributed by atoms with E-state index in [4.69, 9.17) is 24.9 Å². The molecule has 0 unspecified atom stereocenters. The van der Waals surface area contributed by atoms with E-state index in [2.05, 4.69) is 270 Å². The number of hydrogen-bond acceptors (Lipinski definition) is 7.